The molecule has 1 aromatic carbocycles. The van der Waals surface area contributed by atoms with Crippen molar-refractivity contribution in [3.05, 3.63) is 46.2 Å². The van der Waals surface area contributed by atoms with Crippen LogP contribution in [0, 0.1) is 5.92 Å². The molecule has 5 nitrogen and oxygen atoms in total. The summed E-state index contributed by atoms with van der Waals surface area (Å²) < 4.78 is 0. The summed E-state index contributed by atoms with van der Waals surface area (Å²) in [5.74, 6) is 0.0160. The first-order valence-electron chi connectivity index (χ1n) is 7.91. The number of fused-ring (bicyclic) bond motifs is 1. The maximum Gasteiger partial charge on any atom is 0.256 e. The molecule has 0 saturated heterocycles. The van der Waals surface area contributed by atoms with Crippen LogP contribution in [0.15, 0.2) is 35.3 Å². The standard InChI is InChI=1S/C18H24N2O3/c1-12(2)8-9-18(3,23)11-20-17(22)14-10-19-15-7-5-4-6-13(15)16(14)21/h4-7,10,12,23H,8-9,11H2,1-3H3,(H,19,21)(H,20,22). The number of nitrogens with one attached hydrogen (secondary N) is 2. The molecule has 1 aromatic heterocycles. The van der Waals surface area contributed by atoms with Crippen molar-refractivity contribution in [3.63, 3.8) is 0 Å². The van der Waals surface area contributed by atoms with E-state index in [4.69, 9.17) is 0 Å². The fraction of sp³-hybridized carbons (Fsp3) is 0.444. The zero-order valence-electron chi connectivity index (χ0n) is 13.8. The van der Waals surface area contributed by atoms with Gasteiger partial charge in [-0.15, -0.1) is 0 Å². The highest BCUT2D eigenvalue weighted by Gasteiger charge is 2.22. The molecule has 0 fully saturated rings. The van der Waals surface area contributed by atoms with Gasteiger partial charge >= 0.3 is 0 Å². The molecule has 0 radical (unpaired) electrons. The Morgan fingerprint density at radius 2 is 2.04 bits per heavy atom. The first-order valence-corrected chi connectivity index (χ1v) is 7.91. The zero-order valence-corrected chi connectivity index (χ0v) is 13.8. The van der Waals surface area contributed by atoms with Gasteiger partial charge in [-0.3, -0.25) is 9.59 Å². The van der Waals surface area contributed by atoms with Gasteiger partial charge in [-0.1, -0.05) is 26.0 Å². The monoisotopic (exact) mass is 316 g/mol. The second-order valence-electron chi connectivity index (χ2n) is 6.69. The molecule has 2 rings (SSSR count). The van der Waals surface area contributed by atoms with Crippen molar-refractivity contribution in [1.29, 1.82) is 0 Å². The van der Waals surface area contributed by atoms with Crippen LogP contribution in [0.4, 0.5) is 0 Å². The van der Waals surface area contributed by atoms with Gasteiger partial charge in [-0.05, 0) is 37.8 Å². The van der Waals surface area contributed by atoms with E-state index in [9.17, 15) is 14.7 Å². The van der Waals surface area contributed by atoms with Gasteiger partial charge in [0, 0.05) is 23.6 Å². The van der Waals surface area contributed by atoms with Gasteiger partial charge in [-0.25, -0.2) is 0 Å². The largest absolute Gasteiger partial charge is 0.388 e. The summed E-state index contributed by atoms with van der Waals surface area (Å²) in [6, 6.07) is 7.05. The predicted molar refractivity (Wildman–Crippen MR) is 91.6 cm³/mol. The molecule has 23 heavy (non-hydrogen) atoms. The van der Waals surface area contributed by atoms with Crippen molar-refractivity contribution in [3.8, 4) is 0 Å². The van der Waals surface area contributed by atoms with Crippen LogP contribution in [-0.2, 0) is 0 Å². The highest BCUT2D eigenvalue weighted by atomic mass is 16.3. The smallest absolute Gasteiger partial charge is 0.256 e. The van der Waals surface area contributed by atoms with Gasteiger partial charge in [0.05, 0.1) is 5.60 Å². The number of aromatic amines is 1. The van der Waals surface area contributed by atoms with E-state index in [1.165, 1.54) is 6.20 Å². The number of rotatable bonds is 6. The normalized spacial score (nSPS) is 14.0. The molecule has 0 bridgehead atoms. The minimum Gasteiger partial charge on any atom is -0.388 e. The zero-order chi connectivity index (χ0) is 17.0. The summed E-state index contributed by atoms with van der Waals surface area (Å²) in [6.07, 6.45) is 2.89. The highest BCUT2D eigenvalue weighted by Crippen LogP contribution is 2.15. The molecule has 1 unspecified atom stereocenters. The van der Waals surface area contributed by atoms with E-state index < -0.39 is 11.5 Å². The number of H-pyrrole nitrogens is 1. The van der Waals surface area contributed by atoms with E-state index in [0.717, 1.165) is 6.42 Å². The highest BCUT2D eigenvalue weighted by molar-refractivity contribution is 5.97. The van der Waals surface area contributed by atoms with E-state index in [-0.39, 0.29) is 17.5 Å². The lowest BCUT2D eigenvalue weighted by Gasteiger charge is -2.24. The Morgan fingerprint density at radius 3 is 2.74 bits per heavy atom. The van der Waals surface area contributed by atoms with E-state index >= 15 is 0 Å². The number of aliphatic hydroxyl groups is 1. The summed E-state index contributed by atoms with van der Waals surface area (Å²) >= 11 is 0. The Hall–Kier alpha value is -2.14. The van der Waals surface area contributed by atoms with Crippen molar-refractivity contribution in [2.75, 3.05) is 6.54 Å². The number of carbonyl (C=O) groups excluding carboxylic acids is 1. The van der Waals surface area contributed by atoms with Gasteiger partial charge in [0.25, 0.3) is 5.91 Å². The Kier molecular flexibility index (Phi) is 5.21. The Morgan fingerprint density at radius 1 is 1.35 bits per heavy atom. The third-order valence-corrected chi connectivity index (χ3v) is 3.92. The van der Waals surface area contributed by atoms with Crippen LogP contribution in [0.3, 0.4) is 0 Å². The van der Waals surface area contributed by atoms with E-state index in [0.29, 0.717) is 23.2 Å². The topological polar surface area (TPSA) is 82.2 Å². The van der Waals surface area contributed by atoms with Crippen molar-refractivity contribution in [2.45, 2.75) is 39.2 Å². The molecule has 0 spiro atoms. The Bertz CT molecular complexity index is 747. The molecule has 0 aliphatic rings. The van der Waals surface area contributed by atoms with Crippen LogP contribution in [0.1, 0.15) is 44.0 Å². The average Bonchev–Trinajstić information content (AvgIpc) is 2.52. The first-order chi connectivity index (χ1) is 10.8. The van der Waals surface area contributed by atoms with Gasteiger partial charge in [0.2, 0.25) is 5.43 Å². The number of aromatic nitrogens is 1. The van der Waals surface area contributed by atoms with Crippen LogP contribution in [0.5, 0.6) is 0 Å². The fourth-order valence-electron chi connectivity index (χ4n) is 2.39. The minimum atomic E-state index is -0.983. The molecular weight excluding hydrogens is 292 g/mol. The van der Waals surface area contributed by atoms with Crippen molar-refractivity contribution >= 4 is 16.8 Å². The quantitative estimate of drug-likeness (QED) is 0.765. The summed E-state index contributed by atoms with van der Waals surface area (Å²) in [4.78, 5) is 27.6. The number of pyridine rings is 1. The summed E-state index contributed by atoms with van der Waals surface area (Å²) in [7, 11) is 0. The van der Waals surface area contributed by atoms with Gasteiger partial charge < -0.3 is 15.4 Å². The van der Waals surface area contributed by atoms with Crippen molar-refractivity contribution in [2.24, 2.45) is 5.92 Å². The van der Waals surface area contributed by atoms with Crippen molar-refractivity contribution < 1.29 is 9.90 Å². The lowest BCUT2D eigenvalue weighted by Crippen LogP contribution is -2.42. The molecule has 2 aromatic rings. The number of amides is 1. The summed E-state index contributed by atoms with van der Waals surface area (Å²) in [5, 5.41) is 13.4. The van der Waals surface area contributed by atoms with Crippen LogP contribution in [-0.4, -0.2) is 28.1 Å². The molecular formula is C18H24N2O3. The fourth-order valence-corrected chi connectivity index (χ4v) is 2.39. The predicted octanol–water partition coefficient (Wildman–Crippen LogP) is 2.45. The number of hydrogen-bond acceptors (Lipinski definition) is 3. The maximum atomic E-state index is 12.4. The van der Waals surface area contributed by atoms with Gasteiger partial charge in [0.15, 0.2) is 0 Å². The number of carbonyl (C=O) groups is 1. The number of para-hydroxylation sites is 1. The molecule has 124 valence electrons. The molecule has 3 N–H and O–H groups in total. The third kappa shape index (κ3) is 4.42. The van der Waals surface area contributed by atoms with Gasteiger partial charge in [-0.2, -0.15) is 0 Å². The summed E-state index contributed by atoms with van der Waals surface area (Å²) in [5.41, 5.74) is -0.538. The van der Waals surface area contributed by atoms with E-state index in [2.05, 4.69) is 24.1 Å². The minimum absolute atomic E-state index is 0.0587. The SMILES string of the molecule is CC(C)CCC(C)(O)CNC(=O)c1c[nH]c2ccccc2c1=O. The molecule has 1 atom stereocenters. The summed E-state index contributed by atoms with van der Waals surface area (Å²) in [6.45, 7) is 5.98. The van der Waals surface area contributed by atoms with Crippen molar-refractivity contribution in [1.82, 2.24) is 10.3 Å². The lowest BCUT2D eigenvalue weighted by atomic mass is 9.95. The molecule has 5 heteroatoms. The molecule has 0 aliphatic heterocycles. The Labute approximate surface area is 135 Å². The first kappa shape index (κ1) is 17.2. The van der Waals surface area contributed by atoms with Crippen LogP contribution in [0.2, 0.25) is 0 Å². The maximum absolute atomic E-state index is 12.4. The van der Waals surface area contributed by atoms with Crippen LogP contribution >= 0.6 is 0 Å². The number of benzene rings is 1. The Balaban J connectivity index is 2.09. The second kappa shape index (κ2) is 6.96. The van der Waals surface area contributed by atoms with Crippen LogP contribution < -0.4 is 10.7 Å². The van der Waals surface area contributed by atoms with E-state index in [1.807, 2.05) is 6.07 Å². The van der Waals surface area contributed by atoms with E-state index in [1.54, 1.807) is 25.1 Å². The van der Waals surface area contributed by atoms with Gasteiger partial charge in [0.1, 0.15) is 5.56 Å². The molecule has 0 saturated carbocycles. The lowest BCUT2D eigenvalue weighted by molar-refractivity contribution is 0.0429. The number of hydrogen-bond donors (Lipinski definition) is 3. The van der Waals surface area contributed by atoms with Crippen LogP contribution in [0.25, 0.3) is 10.9 Å². The second-order valence-corrected chi connectivity index (χ2v) is 6.69. The molecule has 1 amide bonds. The molecule has 1 heterocycles. The molecule has 0 aliphatic carbocycles. The third-order valence-electron chi connectivity index (χ3n) is 3.92. The average molecular weight is 316 g/mol.